The highest BCUT2D eigenvalue weighted by atomic mass is 32.1. The van der Waals surface area contributed by atoms with E-state index in [9.17, 15) is 9.59 Å². The number of hydrogen-bond acceptors (Lipinski definition) is 4. The second kappa shape index (κ2) is 6.34. The van der Waals surface area contributed by atoms with E-state index in [0.717, 1.165) is 33.9 Å². The lowest BCUT2D eigenvalue weighted by molar-refractivity contribution is 0.0792. The van der Waals surface area contributed by atoms with Crippen LogP contribution in [0.5, 0.6) is 0 Å². The van der Waals surface area contributed by atoms with Crippen molar-refractivity contribution in [3.8, 4) is 0 Å². The first-order valence-corrected chi connectivity index (χ1v) is 10.3. The van der Waals surface area contributed by atoms with Crippen LogP contribution in [0.2, 0.25) is 0 Å². The summed E-state index contributed by atoms with van der Waals surface area (Å²) in [6.07, 6.45) is 4.93. The van der Waals surface area contributed by atoms with Gasteiger partial charge in [0.1, 0.15) is 0 Å². The first kappa shape index (κ1) is 16.7. The van der Waals surface area contributed by atoms with E-state index in [4.69, 9.17) is 0 Å². The molecular weight excluding hydrogens is 360 g/mol. The Morgan fingerprint density at radius 1 is 1.26 bits per heavy atom. The van der Waals surface area contributed by atoms with Crippen LogP contribution in [0.1, 0.15) is 39.9 Å². The molecule has 2 fully saturated rings. The summed E-state index contributed by atoms with van der Waals surface area (Å²) in [4.78, 5) is 34.2. The third-order valence-electron chi connectivity index (χ3n) is 5.63. The Balaban J connectivity index is 1.47. The molecule has 1 aliphatic heterocycles. The lowest BCUT2D eigenvalue weighted by Crippen LogP contribution is -2.32. The van der Waals surface area contributed by atoms with Crippen LogP contribution in [-0.4, -0.2) is 38.0 Å². The topological polar surface area (TPSA) is 60.1 Å². The van der Waals surface area contributed by atoms with Gasteiger partial charge in [0.05, 0.1) is 16.4 Å². The van der Waals surface area contributed by atoms with E-state index in [1.54, 1.807) is 6.20 Å². The molecule has 0 unspecified atom stereocenters. The predicted octanol–water partition coefficient (Wildman–Crippen LogP) is 3.07. The monoisotopic (exact) mass is 382 g/mol. The van der Waals surface area contributed by atoms with Gasteiger partial charge in [-0.1, -0.05) is 0 Å². The fraction of sp³-hybridized carbons (Fsp3) is 0.450. The number of thiophene rings is 1. The van der Waals surface area contributed by atoms with Crippen LogP contribution in [0.4, 0.5) is 0 Å². The molecule has 1 saturated heterocycles. The van der Waals surface area contributed by atoms with Gasteiger partial charge in [-0.15, -0.1) is 11.3 Å². The summed E-state index contributed by atoms with van der Waals surface area (Å²) in [6, 6.07) is 7.73. The highest BCUT2D eigenvalue weighted by Gasteiger charge is 2.32. The number of pyridine rings is 1. The number of carbonyl (C=O) groups is 1. The van der Waals surface area contributed by atoms with Gasteiger partial charge in [-0.2, -0.15) is 0 Å². The molecule has 1 atom stereocenters. The van der Waals surface area contributed by atoms with Gasteiger partial charge < -0.3 is 4.90 Å². The minimum atomic E-state index is -0.0136. The molecule has 27 heavy (non-hydrogen) atoms. The summed E-state index contributed by atoms with van der Waals surface area (Å²) in [7, 11) is 0. The van der Waals surface area contributed by atoms with Gasteiger partial charge in [0, 0.05) is 30.7 Å². The van der Waals surface area contributed by atoms with Crippen molar-refractivity contribution in [3.05, 3.63) is 50.7 Å². The third kappa shape index (κ3) is 2.90. The second-order valence-corrected chi connectivity index (χ2v) is 8.94. The summed E-state index contributed by atoms with van der Waals surface area (Å²) < 4.78 is 3.71. The van der Waals surface area contributed by atoms with E-state index >= 15 is 0 Å². The Kier molecular flexibility index (Phi) is 3.93. The summed E-state index contributed by atoms with van der Waals surface area (Å²) in [5.41, 5.74) is 1.67. The Labute approximate surface area is 161 Å². The maximum atomic E-state index is 13.2. The molecule has 1 aliphatic carbocycles. The summed E-state index contributed by atoms with van der Waals surface area (Å²) in [5.74, 6) is 0.684. The lowest BCUT2D eigenvalue weighted by atomic mass is 10.2. The Morgan fingerprint density at radius 2 is 2.11 bits per heavy atom. The number of amides is 1. The zero-order chi connectivity index (χ0) is 18.5. The van der Waals surface area contributed by atoms with Crippen molar-refractivity contribution < 1.29 is 4.79 Å². The zero-order valence-corrected chi connectivity index (χ0v) is 16.1. The van der Waals surface area contributed by atoms with Crippen LogP contribution >= 0.6 is 11.3 Å². The zero-order valence-electron chi connectivity index (χ0n) is 15.3. The summed E-state index contributed by atoms with van der Waals surface area (Å²) in [6.45, 7) is 4.02. The van der Waals surface area contributed by atoms with Gasteiger partial charge >= 0.3 is 5.69 Å². The van der Waals surface area contributed by atoms with Gasteiger partial charge in [-0.05, 0) is 56.4 Å². The number of nitrogens with zero attached hydrogens (tertiary/aromatic N) is 4. The predicted molar refractivity (Wildman–Crippen MR) is 105 cm³/mol. The van der Waals surface area contributed by atoms with E-state index in [-0.39, 0.29) is 17.6 Å². The molecule has 4 heterocycles. The van der Waals surface area contributed by atoms with Crippen molar-refractivity contribution in [1.82, 2.24) is 19.0 Å². The van der Waals surface area contributed by atoms with Gasteiger partial charge in [0.2, 0.25) is 0 Å². The number of imidazole rings is 1. The molecular formula is C20H22N4O2S. The SMILES string of the molecule is Cc1ccc(C(=O)N2CC[C@@H](n3c(=O)n(CC4CC4)c4cccnc43)C2)s1. The molecule has 1 amide bonds. The number of aryl methyl sites for hydroxylation is 1. The van der Waals surface area contributed by atoms with Crippen molar-refractivity contribution >= 4 is 28.4 Å². The third-order valence-corrected chi connectivity index (χ3v) is 6.62. The van der Waals surface area contributed by atoms with Gasteiger partial charge in [0.25, 0.3) is 5.91 Å². The molecule has 1 saturated carbocycles. The van der Waals surface area contributed by atoms with Crippen LogP contribution in [0, 0.1) is 12.8 Å². The Bertz CT molecular complexity index is 1080. The minimum Gasteiger partial charge on any atom is -0.336 e. The van der Waals surface area contributed by atoms with Crippen LogP contribution in [0.25, 0.3) is 11.2 Å². The van der Waals surface area contributed by atoms with Crippen LogP contribution in [-0.2, 0) is 6.54 Å². The molecule has 0 spiro atoms. The first-order valence-electron chi connectivity index (χ1n) is 9.53. The van der Waals surface area contributed by atoms with Crippen LogP contribution < -0.4 is 5.69 Å². The number of carbonyl (C=O) groups excluding carboxylic acids is 1. The van der Waals surface area contributed by atoms with Crippen molar-refractivity contribution in [2.75, 3.05) is 13.1 Å². The first-order chi connectivity index (χ1) is 13.1. The molecule has 0 bridgehead atoms. The highest BCUT2D eigenvalue weighted by Crippen LogP contribution is 2.32. The minimum absolute atomic E-state index is 0.0136. The maximum Gasteiger partial charge on any atom is 0.330 e. The van der Waals surface area contributed by atoms with Gasteiger partial charge in [-0.3, -0.25) is 13.9 Å². The Morgan fingerprint density at radius 3 is 2.85 bits per heavy atom. The van der Waals surface area contributed by atoms with E-state index in [1.807, 2.05) is 45.2 Å². The fourth-order valence-electron chi connectivity index (χ4n) is 4.01. The number of hydrogen-bond donors (Lipinski definition) is 0. The smallest absolute Gasteiger partial charge is 0.330 e. The van der Waals surface area contributed by atoms with Crippen LogP contribution in [0.3, 0.4) is 0 Å². The average Bonchev–Trinajstić information content (AvgIpc) is 3.06. The summed E-state index contributed by atoms with van der Waals surface area (Å²) in [5, 5.41) is 0. The molecule has 3 aromatic rings. The normalized spacial score (nSPS) is 19.9. The van der Waals surface area contributed by atoms with E-state index in [0.29, 0.717) is 19.0 Å². The molecule has 0 radical (unpaired) electrons. The van der Waals surface area contributed by atoms with Crippen molar-refractivity contribution in [3.63, 3.8) is 0 Å². The van der Waals surface area contributed by atoms with Crippen molar-refractivity contribution in [1.29, 1.82) is 0 Å². The molecule has 7 heteroatoms. The largest absolute Gasteiger partial charge is 0.336 e. The van der Waals surface area contributed by atoms with Crippen molar-refractivity contribution in [2.45, 2.75) is 38.8 Å². The molecule has 6 nitrogen and oxygen atoms in total. The Hall–Kier alpha value is -2.41. The molecule has 2 aliphatic rings. The quantitative estimate of drug-likeness (QED) is 0.697. The van der Waals surface area contributed by atoms with Crippen LogP contribution in [0.15, 0.2) is 35.3 Å². The molecule has 140 valence electrons. The standard InChI is InChI=1S/C20H22N4O2S/c1-13-4-7-17(27-13)19(25)22-10-8-15(12-22)24-18-16(3-2-9-21-18)23(20(24)26)11-14-5-6-14/h2-4,7,9,14-15H,5-6,8,10-12H2,1H3/t15-/m1/s1. The molecule has 0 aromatic carbocycles. The van der Waals surface area contributed by atoms with E-state index < -0.39 is 0 Å². The summed E-state index contributed by atoms with van der Waals surface area (Å²) >= 11 is 1.53. The molecule has 5 rings (SSSR count). The number of aromatic nitrogens is 3. The molecule has 0 N–H and O–H groups in total. The molecule has 3 aromatic heterocycles. The number of likely N-dealkylation sites (tertiary alicyclic amines) is 1. The van der Waals surface area contributed by atoms with Gasteiger partial charge in [0.15, 0.2) is 5.65 Å². The number of rotatable bonds is 4. The van der Waals surface area contributed by atoms with E-state index in [1.165, 1.54) is 24.2 Å². The van der Waals surface area contributed by atoms with E-state index in [2.05, 4.69) is 4.98 Å². The average molecular weight is 382 g/mol. The number of fused-ring (bicyclic) bond motifs is 1. The highest BCUT2D eigenvalue weighted by molar-refractivity contribution is 7.13. The fourth-order valence-corrected chi connectivity index (χ4v) is 4.85. The maximum absolute atomic E-state index is 13.2. The van der Waals surface area contributed by atoms with Gasteiger partial charge in [-0.25, -0.2) is 9.78 Å². The second-order valence-electron chi connectivity index (χ2n) is 7.66. The van der Waals surface area contributed by atoms with Crippen molar-refractivity contribution in [2.24, 2.45) is 5.92 Å². The lowest BCUT2D eigenvalue weighted by Gasteiger charge is -2.16.